The van der Waals surface area contributed by atoms with Crippen LogP contribution in [0.5, 0.6) is 0 Å². The number of carbonyl (C=O) groups is 1. The van der Waals surface area contributed by atoms with Gasteiger partial charge < -0.3 is 10.6 Å². The predicted molar refractivity (Wildman–Crippen MR) is 49.2 cm³/mol. The molecule has 0 spiro atoms. The van der Waals surface area contributed by atoms with Gasteiger partial charge in [-0.1, -0.05) is 0 Å². The molecule has 0 aromatic rings. The van der Waals surface area contributed by atoms with Crippen LogP contribution in [-0.2, 0) is 0 Å². The second kappa shape index (κ2) is 2.53. The first-order chi connectivity index (χ1) is 5.69. The summed E-state index contributed by atoms with van der Waals surface area (Å²) in [5, 5.41) is 9.48. The Balaban J connectivity index is 2.27. The molecular formula is C7H13N3OS. The summed E-state index contributed by atoms with van der Waals surface area (Å²) in [5.41, 5.74) is -0.220. The zero-order valence-electron chi connectivity index (χ0n) is 7.18. The van der Waals surface area contributed by atoms with Crippen LogP contribution in [0.2, 0.25) is 0 Å². The highest BCUT2D eigenvalue weighted by Crippen LogP contribution is 2.36. The van der Waals surface area contributed by atoms with Gasteiger partial charge in [0.15, 0.2) is 0 Å². The van der Waals surface area contributed by atoms with Gasteiger partial charge in [-0.05, 0) is 14.0 Å². The maximum atomic E-state index is 11.1. The fourth-order valence-electron chi connectivity index (χ4n) is 1.95. The van der Waals surface area contributed by atoms with Crippen LogP contribution >= 0.6 is 11.8 Å². The van der Waals surface area contributed by atoms with Crippen molar-refractivity contribution >= 4 is 17.8 Å². The molecule has 0 unspecified atom stereocenters. The molecule has 2 amide bonds. The van der Waals surface area contributed by atoms with Gasteiger partial charge in [0.1, 0.15) is 5.66 Å². The quantitative estimate of drug-likeness (QED) is 0.495. The summed E-state index contributed by atoms with van der Waals surface area (Å²) in [5.74, 6) is 0.987. The zero-order chi connectivity index (χ0) is 8.77. The number of fused-ring (bicyclic) bond motifs is 1. The van der Waals surface area contributed by atoms with E-state index >= 15 is 0 Å². The third-order valence-corrected chi connectivity index (χ3v) is 4.14. The monoisotopic (exact) mass is 187 g/mol. The second-order valence-electron chi connectivity index (χ2n) is 3.25. The average molecular weight is 187 g/mol. The smallest absolute Gasteiger partial charge is 0.316 e. The Morgan fingerprint density at radius 2 is 2.50 bits per heavy atom. The fourth-order valence-corrected chi connectivity index (χ4v) is 3.38. The van der Waals surface area contributed by atoms with Crippen molar-refractivity contribution in [2.45, 2.75) is 23.9 Å². The SMILES string of the molecule is CN[C@]12NC(=O)N[C@H]1CS[C@H]2C. The van der Waals surface area contributed by atoms with E-state index in [4.69, 9.17) is 0 Å². The number of hydrogen-bond acceptors (Lipinski definition) is 3. The first-order valence-electron chi connectivity index (χ1n) is 4.08. The first kappa shape index (κ1) is 8.19. The molecule has 0 bridgehead atoms. The standard InChI is InChI=1S/C7H13N3OS/c1-4-7(8-2)5(3-12-4)9-6(11)10-7/h4-5,8H,3H2,1-2H3,(H2,9,10,11)/t4-,5-,7+/m0/s1. The minimum atomic E-state index is -0.220. The lowest BCUT2D eigenvalue weighted by molar-refractivity contribution is 0.241. The molecule has 0 aromatic carbocycles. The lowest BCUT2D eigenvalue weighted by Crippen LogP contribution is -2.62. The van der Waals surface area contributed by atoms with E-state index in [1.165, 1.54) is 0 Å². The van der Waals surface area contributed by atoms with Gasteiger partial charge in [0.05, 0.1) is 6.04 Å². The van der Waals surface area contributed by atoms with Crippen molar-refractivity contribution in [3.8, 4) is 0 Å². The van der Waals surface area contributed by atoms with Crippen LogP contribution in [0.1, 0.15) is 6.92 Å². The van der Waals surface area contributed by atoms with Gasteiger partial charge in [-0.25, -0.2) is 4.79 Å². The molecule has 2 fully saturated rings. The molecule has 2 aliphatic heterocycles. The molecule has 0 aliphatic carbocycles. The first-order valence-corrected chi connectivity index (χ1v) is 5.13. The third-order valence-electron chi connectivity index (χ3n) is 2.74. The zero-order valence-corrected chi connectivity index (χ0v) is 7.99. The Morgan fingerprint density at radius 1 is 1.75 bits per heavy atom. The molecule has 5 heteroatoms. The van der Waals surface area contributed by atoms with E-state index in [0.29, 0.717) is 5.25 Å². The summed E-state index contributed by atoms with van der Waals surface area (Å²) < 4.78 is 0. The molecule has 0 saturated carbocycles. The Labute approximate surface area is 75.9 Å². The minimum Gasteiger partial charge on any atom is -0.331 e. The Bertz CT molecular complexity index is 223. The Hall–Kier alpha value is -0.420. The highest BCUT2D eigenvalue weighted by atomic mass is 32.2. The van der Waals surface area contributed by atoms with Gasteiger partial charge in [-0.2, -0.15) is 11.8 Å². The van der Waals surface area contributed by atoms with Gasteiger partial charge in [-0.3, -0.25) is 5.32 Å². The van der Waals surface area contributed by atoms with Crippen LogP contribution in [-0.4, -0.2) is 35.8 Å². The van der Waals surface area contributed by atoms with E-state index in [1.54, 1.807) is 0 Å². The van der Waals surface area contributed by atoms with Crippen LogP contribution < -0.4 is 16.0 Å². The molecule has 2 aliphatic rings. The molecule has 12 heavy (non-hydrogen) atoms. The van der Waals surface area contributed by atoms with Crippen molar-refractivity contribution in [2.24, 2.45) is 0 Å². The van der Waals surface area contributed by atoms with Crippen molar-refractivity contribution < 1.29 is 4.79 Å². The van der Waals surface area contributed by atoms with E-state index in [2.05, 4.69) is 22.9 Å². The highest BCUT2D eigenvalue weighted by molar-refractivity contribution is 8.00. The van der Waals surface area contributed by atoms with Crippen molar-refractivity contribution in [2.75, 3.05) is 12.8 Å². The molecule has 2 saturated heterocycles. The molecule has 68 valence electrons. The summed E-state index contributed by atoms with van der Waals surface area (Å²) in [6, 6.07) is 0.177. The van der Waals surface area contributed by atoms with Crippen LogP contribution in [0, 0.1) is 0 Å². The summed E-state index contributed by atoms with van der Waals surface area (Å²) in [7, 11) is 1.89. The average Bonchev–Trinajstić information content (AvgIpc) is 2.50. The highest BCUT2D eigenvalue weighted by Gasteiger charge is 2.53. The number of likely N-dealkylation sites (N-methyl/N-ethyl adjacent to an activating group) is 1. The molecule has 2 rings (SSSR count). The van der Waals surface area contributed by atoms with E-state index in [-0.39, 0.29) is 17.7 Å². The van der Waals surface area contributed by atoms with Crippen molar-refractivity contribution in [3.05, 3.63) is 0 Å². The van der Waals surface area contributed by atoms with E-state index in [0.717, 1.165) is 5.75 Å². The van der Waals surface area contributed by atoms with Gasteiger partial charge >= 0.3 is 6.03 Å². The summed E-state index contributed by atoms with van der Waals surface area (Å²) in [6.07, 6.45) is 0. The lowest BCUT2D eigenvalue weighted by Gasteiger charge is -2.31. The number of thioether (sulfide) groups is 1. The normalized spacial score (nSPS) is 45.3. The molecule has 0 aromatic heterocycles. The van der Waals surface area contributed by atoms with Crippen LogP contribution in [0.15, 0.2) is 0 Å². The van der Waals surface area contributed by atoms with Crippen molar-refractivity contribution in [1.82, 2.24) is 16.0 Å². The van der Waals surface area contributed by atoms with Crippen molar-refractivity contribution in [3.63, 3.8) is 0 Å². The maximum Gasteiger partial charge on any atom is 0.316 e. The molecule has 3 atom stereocenters. The molecular weight excluding hydrogens is 174 g/mol. The molecule has 4 nitrogen and oxygen atoms in total. The van der Waals surface area contributed by atoms with E-state index in [1.807, 2.05) is 18.8 Å². The van der Waals surface area contributed by atoms with Gasteiger partial charge in [0.2, 0.25) is 0 Å². The third kappa shape index (κ3) is 0.863. The van der Waals surface area contributed by atoms with Gasteiger partial charge in [0.25, 0.3) is 0 Å². The summed E-state index contributed by atoms with van der Waals surface area (Å²) in [4.78, 5) is 11.1. The lowest BCUT2D eigenvalue weighted by atomic mass is 10.0. The number of urea groups is 1. The van der Waals surface area contributed by atoms with Crippen LogP contribution in [0.3, 0.4) is 0 Å². The largest absolute Gasteiger partial charge is 0.331 e. The van der Waals surface area contributed by atoms with E-state index in [9.17, 15) is 4.79 Å². The minimum absolute atomic E-state index is 0.0542. The summed E-state index contributed by atoms with van der Waals surface area (Å²) in [6.45, 7) is 2.13. The topological polar surface area (TPSA) is 53.2 Å². The van der Waals surface area contributed by atoms with Crippen LogP contribution in [0.4, 0.5) is 4.79 Å². The van der Waals surface area contributed by atoms with Gasteiger partial charge in [-0.15, -0.1) is 0 Å². The number of amides is 2. The number of carbonyl (C=O) groups excluding carboxylic acids is 1. The Morgan fingerprint density at radius 3 is 3.08 bits per heavy atom. The predicted octanol–water partition coefficient (Wildman–Crippen LogP) is -0.281. The fraction of sp³-hybridized carbons (Fsp3) is 0.857. The van der Waals surface area contributed by atoms with E-state index < -0.39 is 0 Å². The number of rotatable bonds is 1. The second-order valence-corrected chi connectivity index (χ2v) is 4.62. The molecule has 0 radical (unpaired) electrons. The maximum absolute atomic E-state index is 11.1. The van der Waals surface area contributed by atoms with Crippen molar-refractivity contribution in [1.29, 1.82) is 0 Å². The summed E-state index contributed by atoms with van der Waals surface area (Å²) >= 11 is 1.87. The van der Waals surface area contributed by atoms with Gasteiger partial charge in [0, 0.05) is 11.0 Å². The number of nitrogens with one attached hydrogen (secondary N) is 3. The number of hydrogen-bond donors (Lipinski definition) is 3. The Kier molecular flexibility index (Phi) is 1.73. The molecule has 2 heterocycles. The molecule has 3 N–H and O–H groups in total. The van der Waals surface area contributed by atoms with Crippen LogP contribution in [0.25, 0.3) is 0 Å².